The van der Waals surface area contributed by atoms with Crippen molar-refractivity contribution < 1.29 is 4.84 Å². The van der Waals surface area contributed by atoms with Gasteiger partial charge in [0, 0.05) is 0 Å². The van der Waals surface area contributed by atoms with Gasteiger partial charge in [0.15, 0.2) is 0 Å². The maximum absolute atomic E-state index is 5.31. The Morgan fingerprint density at radius 3 is 2.47 bits per heavy atom. The third kappa shape index (κ3) is 4.25. The lowest BCUT2D eigenvalue weighted by Gasteiger charge is -2.01. The molecule has 2 nitrogen and oxygen atoms in total. The summed E-state index contributed by atoms with van der Waals surface area (Å²) < 4.78 is 0. The van der Waals surface area contributed by atoms with Gasteiger partial charge in [-0.25, -0.2) is 0 Å². The normalized spacial score (nSPS) is 10.8. The van der Waals surface area contributed by atoms with E-state index in [9.17, 15) is 0 Å². The second kappa shape index (κ2) is 6.74. The Morgan fingerprint density at radius 1 is 1.05 bits per heavy atom. The first-order chi connectivity index (χ1) is 9.28. The summed E-state index contributed by atoms with van der Waals surface area (Å²) in [6, 6.07) is 16.6. The van der Waals surface area contributed by atoms with Crippen molar-refractivity contribution in [2.24, 2.45) is 5.16 Å². The third-order valence-corrected chi connectivity index (χ3v) is 2.98. The molecule has 0 unspecified atom stereocenters. The summed E-state index contributed by atoms with van der Waals surface area (Å²) in [6.45, 7) is 4.72. The van der Waals surface area contributed by atoms with E-state index in [1.54, 1.807) is 6.21 Å². The number of nitrogens with zero attached hydrogens (tertiary/aromatic N) is 1. The average Bonchev–Trinajstić information content (AvgIpc) is 2.44. The summed E-state index contributed by atoms with van der Waals surface area (Å²) in [5.41, 5.74) is 4.76. The van der Waals surface area contributed by atoms with E-state index in [-0.39, 0.29) is 0 Å². The molecule has 0 aliphatic carbocycles. The van der Waals surface area contributed by atoms with Gasteiger partial charge in [0.25, 0.3) is 0 Å². The summed E-state index contributed by atoms with van der Waals surface area (Å²) in [6.07, 6.45) is 2.81. The van der Waals surface area contributed by atoms with Crippen LogP contribution in [-0.2, 0) is 17.9 Å². The van der Waals surface area contributed by atoms with Gasteiger partial charge in [-0.15, -0.1) is 0 Å². The van der Waals surface area contributed by atoms with E-state index < -0.39 is 0 Å². The Kier molecular flexibility index (Phi) is 4.73. The number of rotatable bonds is 5. The van der Waals surface area contributed by atoms with Gasteiger partial charge in [-0.1, -0.05) is 66.2 Å². The lowest BCUT2D eigenvalue weighted by Crippen LogP contribution is -1.89. The third-order valence-electron chi connectivity index (χ3n) is 2.98. The number of aryl methyl sites for hydroxylation is 2. The minimum Gasteiger partial charge on any atom is -0.391 e. The van der Waals surface area contributed by atoms with E-state index in [0.717, 1.165) is 17.5 Å². The van der Waals surface area contributed by atoms with Crippen LogP contribution in [0.15, 0.2) is 53.7 Å². The van der Waals surface area contributed by atoms with E-state index in [1.165, 1.54) is 11.1 Å². The average molecular weight is 253 g/mol. The molecule has 0 bridgehead atoms. The van der Waals surface area contributed by atoms with Crippen molar-refractivity contribution in [2.75, 3.05) is 0 Å². The number of benzene rings is 2. The molecule has 0 aliphatic rings. The Hall–Kier alpha value is -2.09. The molecule has 2 aromatic carbocycles. The lowest BCUT2D eigenvalue weighted by atomic mass is 10.1. The SMILES string of the molecule is CCc1ccc(CON=Cc2cccc(C)c2)cc1. The van der Waals surface area contributed by atoms with Crippen LogP contribution < -0.4 is 0 Å². The fourth-order valence-corrected chi connectivity index (χ4v) is 1.83. The molecule has 0 spiro atoms. The van der Waals surface area contributed by atoms with Gasteiger partial charge in [0.1, 0.15) is 6.61 Å². The lowest BCUT2D eigenvalue weighted by molar-refractivity contribution is 0.132. The molecule has 0 heterocycles. The van der Waals surface area contributed by atoms with Crippen LogP contribution in [0.4, 0.5) is 0 Å². The topological polar surface area (TPSA) is 21.6 Å². The highest BCUT2D eigenvalue weighted by atomic mass is 16.6. The van der Waals surface area contributed by atoms with Crippen molar-refractivity contribution in [3.05, 3.63) is 70.8 Å². The highest BCUT2D eigenvalue weighted by Gasteiger charge is 1.93. The fourth-order valence-electron chi connectivity index (χ4n) is 1.83. The van der Waals surface area contributed by atoms with Crippen LogP contribution in [0.5, 0.6) is 0 Å². The molecule has 0 amide bonds. The van der Waals surface area contributed by atoms with E-state index in [4.69, 9.17) is 4.84 Å². The molecule has 0 atom stereocenters. The van der Waals surface area contributed by atoms with Crippen LogP contribution in [0.1, 0.15) is 29.2 Å². The molecule has 98 valence electrons. The molecule has 0 radical (unpaired) electrons. The van der Waals surface area contributed by atoms with Crippen molar-refractivity contribution in [3.63, 3.8) is 0 Å². The maximum atomic E-state index is 5.31. The molecule has 19 heavy (non-hydrogen) atoms. The van der Waals surface area contributed by atoms with Gasteiger partial charge in [-0.05, 0) is 30.0 Å². The van der Waals surface area contributed by atoms with Crippen molar-refractivity contribution in [3.8, 4) is 0 Å². The van der Waals surface area contributed by atoms with Crippen molar-refractivity contribution in [1.29, 1.82) is 0 Å². The molecule has 0 N–H and O–H groups in total. The molecule has 0 aliphatic heterocycles. The predicted octanol–water partition coefficient (Wildman–Crippen LogP) is 4.11. The Morgan fingerprint density at radius 2 is 1.79 bits per heavy atom. The zero-order valence-electron chi connectivity index (χ0n) is 11.5. The largest absolute Gasteiger partial charge is 0.391 e. The highest BCUT2D eigenvalue weighted by Crippen LogP contribution is 2.06. The van der Waals surface area contributed by atoms with Crippen molar-refractivity contribution in [2.45, 2.75) is 26.9 Å². The zero-order chi connectivity index (χ0) is 13.5. The number of oxime groups is 1. The second-order valence-electron chi connectivity index (χ2n) is 4.59. The molecular formula is C17H19NO. The minimum absolute atomic E-state index is 0.506. The van der Waals surface area contributed by atoms with Gasteiger partial charge in [-0.2, -0.15) is 0 Å². The van der Waals surface area contributed by atoms with Crippen LogP contribution in [0.2, 0.25) is 0 Å². The van der Waals surface area contributed by atoms with Crippen LogP contribution in [-0.4, -0.2) is 6.21 Å². The van der Waals surface area contributed by atoms with E-state index >= 15 is 0 Å². The summed E-state index contributed by atoms with van der Waals surface area (Å²) in [4.78, 5) is 5.31. The molecule has 0 fully saturated rings. The summed E-state index contributed by atoms with van der Waals surface area (Å²) >= 11 is 0. The molecule has 0 saturated heterocycles. The summed E-state index contributed by atoms with van der Waals surface area (Å²) in [5.74, 6) is 0. The Bertz CT molecular complexity index is 543. The van der Waals surface area contributed by atoms with E-state index in [2.05, 4.69) is 55.4 Å². The van der Waals surface area contributed by atoms with Crippen LogP contribution in [0.3, 0.4) is 0 Å². The molecule has 2 aromatic rings. The van der Waals surface area contributed by atoms with Gasteiger partial charge >= 0.3 is 0 Å². The summed E-state index contributed by atoms with van der Waals surface area (Å²) in [5, 5.41) is 4.00. The standard InChI is InChI=1S/C17H19NO/c1-3-15-7-9-16(10-8-15)13-19-18-12-17-6-4-5-14(2)11-17/h4-12H,3,13H2,1-2H3. The van der Waals surface area contributed by atoms with E-state index in [0.29, 0.717) is 6.61 Å². The molecule has 0 saturated carbocycles. The molecular weight excluding hydrogens is 234 g/mol. The van der Waals surface area contributed by atoms with Crippen molar-refractivity contribution >= 4 is 6.21 Å². The van der Waals surface area contributed by atoms with Crippen LogP contribution >= 0.6 is 0 Å². The first-order valence-corrected chi connectivity index (χ1v) is 6.58. The first-order valence-electron chi connectivity index (χ1n) is 6.58. The molecule has 0 aromatic heterocycles. The molecule has 2 rings (SSSR count). The maximum Gasteiger partial charge on any atom is 0.142 e. The predicted molar refractivity (Wildman–Crippen MR) is 79.4 cm³/mol. The van der Waals surface area contributed by atoms with E-state index in [1.807, 2.05) is 12.1 Å². The Balaban J connectivity index is 1.85. The monoisotopic (exact) mass is 253 g/mol. The Labute approximate surface area is 114 Å². The highest BCUT2D eigenvalue weighted by molar-refractivity contribution is 5.79. The smallest absolute Gasteiger partial charge is 0.142 e. The van der Waals surface area contributed by atoms with Gasteiger partial charge in [0.05, 0.1) is 6.21 Å². The van der Waals surface area contributed by atoms with Gasteiger partial charge in [-0.3, -0.25) is 0 Å². The van der Waals surface area contributed by atoms with Crippen molar-refractivity contribution in [1.82, 2.24) is 0 Å². The van der Waals surface area contributed by atoms with Gasteiger partial charge < -0.3 is 4.84 Å². The number of hydrogen-bond acceptors (Lipinski definition) is 2. The quantitative estimate of drug-likeness (QED) is 0.580. The number of hydrogen-bond donors (Lipinski definition) is 0. The van der Waals surface area contributed by atoms with Gasteiger partial charge in [0.2, 0.25) is 0 Å². The summed E-state index contributed by atoms with van der Waals surface area (Å²) in [7, 11) is 0. The molecule has 2 heteroatoms. The second-order valence-corrected chi connectivity index (χ2v) is 4.59. The fraction of sp³-hybridized carbons (Fsp3) is 0.235. The van der Waals surface area contributed by atoms with Crippen LogP contribution in [0, 0.1) is 6.92 Å². The minimum atomic E-state index is 0.506. The first kappa shape index (κ1) is 13.3. The zero-order valence-corrected chi connectivity index (χ0v) is 11.5. The van der Waals surface area contributed by atoms with Crippen LogP contribution in [0.25, 0.3) is 0 Å².